The van der Waals surface area contributed by atoms with Crippen LogP contribution < -0.4 is 0 Å². The van der Waals surface area contributed by atoms with Gasteiger partial charge in [-0.15, -0.1) is 0 Å². The van der Waals surface area contributed by atoms with Gasteiger partial charge in [-0.2, -0.15) is 0 Å². The Hall–Kier alpha value is -2.10. The Morgan fingerprint density at radius 3 is 2.81 bits per heavy atom. The van der Waals surface area contributed by atoms with E-state index in [0.717, 1.165) is 5.52 Å². The van der Waals surface area contributed by atoms with Gasteiger partial charge in [-0.1, -0.05) is 18.2 Å². The molecule has 0 amide bonds. The van der Waals surface area contributed by atoms with Crippen molar-refractivity contribution in [2.24, 2.45) is 0 Å². The zero-order valence-electron chi connectivity index (χ0n) is 8.43. The summed E-state index contributed by atoms with van der Waals surface area (Å²) < 4.78 is 1.81. The van der Waals surface area contributed by atoms with Gasteiger partial charge in [-0.25, -0.2) is 4.79 Å². The Bertz CT molecular complexity index is 624. The van der Waals surface area contributed by atoms with Crippen molar-refractivity contribution in [2.45, 2.75) is 13.0 Å². The van der Waals surface area contributed by atoms with Crippen LogP contribution in [0.2, 0.25) is 0 Å². The van der Waals surface area contributed by atoms with Gasteiger partial charge in [0, 0.05) is 23.9 Å². The quantitative estimate of drug-likeness (QED) is 0.790. The van der Waals surface area contributed by atoms with Gasteiger partial charge in [0.2, 0.25) is 0 Å². The van der Waals surface area contributed by atoms with Crippen LogP contribution >= 0.6 is 0 Å². The summed E-state index contributed by atoms with van der Waals surface area (Å²) >= 11 is 0. The molecule has 0 fully saturated rings. The minimum absolute atomic E-state index is 0.0754. The molecule has 3 rings (SSSR count). The number of hydrogen-bond acceptors (Lipinski definition) is 2. The van der Waals surface area contributed by atoms with Crippen LogP contribution in [0.25, 0.3) is 10.9 Å². The summed E-state index contributed by atoms with van der Waals surface area (Å²) in [5, 5.41) is 9.84. The molecule has 1 N–H and O–H groups in total. The number of carboxylic acid groups (broad SMARTS) is 1. The molecule has 0 bridgehead atoms. The van der Waals surface area contributed by atoms with E-state index in [1.807, 2.05) is 12.1 Å². The lowest BCUT2D eigenvalue weighted by molar-refractivity contribution is 0.0694. The Morgan fingerprint density at radius 1 is 1.31 bits per heavy atom. The number of para-hydroxylation sites is 1. The van der Waals surface area contributed by atoms with E-state index in [1.54, 1.807) is 16.7 Å². The summed E-state index contributed by atoms with van der Waals surface area (Å²) in [6, 6.07) is 7.24. The minimum Gasteiger partial charge on any atom is -0.478 e. The second-order valence-corrected chi connectivity index (χ2v) is 3.87. The number of aromatic nitrogens is 1. The predicted octanol–water partition coefficient (Wildman–Crippen LogP) is 1.93. The van der Waals surface area contributed by atoms with Gasteiger partial charge in [-0.05, 0) is 6.07 Å². The van der Waals surface area contributed by atoms with Crippen molar-refractivity contribution in [2.75, 3.05) is 0 Å². The highest BCUT2D eigenvalue weighted by Crippen LogP contribution is 2.31. The number of benzene rings is 1. The molecule has 4 nitrogen and oxygen atoms in total. The van der Waals surface area contributed by atoms with Crippen molar-refractivity contribution in [3.63, 3.8) is 0 Å². The molecule has 2 heterocycles. The van der Waals surface area contributed by atoms with E-state index in [2.05, 4.69) is 0 Å². The van der Waals surface area contributed by atoms with Gasteiger partial charge in [0.1, 0.15) is 5.69 Å². The standard InChI is InChI=1S/C12H9NO3/c14-9-5-6-13-8-4-2-1-3-7(8)10(11(9)13)12(15)16/h1-4H,5-6H2,(H,15,16). The van der Waals surface area contributed by atoms with Crippen LogP contribution in [-0.2, 0) is 6.54 Å². The number of Topliss-reactive ketones (excluding diaryl/α,β-unsaturated/α-hetero) is 1. The normalized spacial score (nSPS) is 14.4. The maximum atomic E-state index is 11.7. The summed E-state index contributed by atoms with van der Waals surface area (Å²) in [4.78, 5) is 22.9. The topological polar surface area (TPSA) is 59.3 Å². The molecule has 80 valence electrons. The molecular formula is C12H9NO3. The van der Waals surface area contributed by atoms with Crippen molar-refractivity contribution < 1.29 is 14.7 Å². The van der Waals surface area contributed by atoms with Crippen LogP contribution in [0.15, 0.2) is 24.3 Å². The molecule has 0 aliphatic carbocycles. The fraction of sp³-hybridized carbons (Fsp3) is 0.167. The van der Waals surface area contributed by atoms with E-state index >= 15 is 0 Å². The molecule has 0 spiro atoms. The summed E-state index contributed by atoms with van der Waals surface area (Å²) in [6.07, 6.45) is 0.403. The highest BCUT2D eigenvalue weighted by molar-refractivity contribution is 6.15. The molecule has 0 saturated carbocycles. The van der Waals surface area contributed by atoms with Gasteiger partial charge >= 0.3 is 5.97 Å². The van der Waals surface area contributed by atoms with E-state index in [1.165, 1.54) is 0 Å². The number of aromatic carboxylic acids is 1. The van der Waals surface area contributed by atoms with Gasteiger partial charge < -0.3 is 9.67 Å². The van der Waals surface area contributed by atoms with Crippen LogP contribution in [0, 0.1) is 0 Å². The van der Waals surface area contributed by atoms with Gasteiger partial charge in [-0.3, -0.25) is 4.79 Å². The Balaban J connectivity index is 2.50. The van der Waals surface area contributed by atoms with Crippen molar-refractivity contribution in [1.82, 2.24) is 4.57 Å². The molecule has 0 saturated heterocycles. The summed E-state index contributed by atoms with van der Waals surface area (Å²) in [5.74, 6) is -1.10. The van der Waals surface area contributed by atoms with E-state index in [9.17, 15) is 14.7 Å². The van der Waals surface area contributed by atoms with Gasteiger partial charge in [0.25, 0.3) is 0 Å². The largest absolute Gasteiger partial charge is 0.478 e. The number of hydrogen-bond donors (Lipinski definition) is 1. The third kappa shape index (κ3) is 0.984. The lowest BCUT2D eigenvalue weighted by Gasteiger charge is -1.96. The number of aryl methyl sites for hydroxylation is 1. The average molecular weight is 215 g/mol. The third-order valence-electron chi connectivity index (χ3n) is 3.01. The van der Waals surface area contributed by atoms with E-state index in [4.69, 9.17) is 0 Å². The molecule has 0 radical (unpaired) electrons. The van der Waals surface area contributed by atoms with Crippen molar-refractivity contribution in [1.29, 1.82) is 0 Å². The summed E-state index contributed by atoms with van der Waals surface area (Å²) in [6.45, 7) is 0.585. The van der Waals surface area contributed by atoms with Crippen LogP contribution in [-0.4, -0.2) is 21.4 Å². The Morgan fingerprint density at radius 2 is 2.06 bits per heavy atom. The second-order valence-electron chi connectivity index (χ2n) is 3.87. The number of carboxylic acids is 1. The van der Waals surface area contributed by atoms with E-state index in [0.29, 0.717) is 24.0 Å². The lowest BCUT2D eigenvalue weighted by Crippen LogP contribution is -2.04. The monoisotopic (exact) mass is 215 g/mol. The Labute approximate surface area is 91.1 Å². The molecule has 0 atom stereocenters. The first kappa shape index (κ1) is 9.15. The maximum absolute atomic E-state index is 11.7. The zero-order chi connectivity index (χ0) is 11.3. The second kappa shape index (κ2) is 2.95. The van der Waals surface area contributed by atoms with Crippen LogP contribution in [0.1, 0.15) is 27.3 Å². The number of rotatable bonds is 1. The number of ketones is 1. The highest BCUT2D eigenvalue weighted by Gasteiger charge is 2.30. The average Bonchev–Trinajstić information content (AvgIpc) is 2.77. The van der Waals surface area contributed by atoms with Crippen molar-refractivity contribution in [3.8, 4) is 0 Å². The molecule has 4 heteroatoms. The first-order valence-corrected chi connectivity index (χ1v) is 5.08. The number of fused-ring (bicyclic) bond motifs is 3. The van der Waals surface area contributed by atoms with Crippen molar-refractivity contribution in [3.05, 3.63) is 35.5 Å². The van der Waals surface area contributed by atoms with Crippen LogP contribution in [0.3, 0.4) is 0 Å². The Kier molecular flexibility index (Phi) is 1.68. The number of carbonyl (C=O) groups is 2. The molecule has 1 aliphatic rings. The fourth-order valence-electron chi connectivity index (χ4n) is 2.37. The molecule has 1 aliphatic heterocycles. The molecule has 1 aromatic carbocycles. The van der Waals surface area contributed by atoms with Crippen molar-refractivity contribution >= 4 is 22.7 Å². The molecule has 16 heavy (non-hydrogen) atoms. The molecule has 2 aromatic rings. The molecular weight excluding hydrogens is 206 g/mol. The highest BCUT2D eigenvalue weighted by atomic mass is 16.4. The summed E-state index contributed by atoms with van der Waals surface area (Å²) in [5.41, 5.74) is 1.34. The van der Waals surface area contributed by atoms with Crippen LogP contribution in [0.4, 0.5) is 0 Å². The lowest BCUT2D eigenvalue weighted by atomic mass is 10.1. The summed E-state index contributed by atoms with van der Waals surface area (Å²) in [7, 11) is 0. The SMILES string of the molecule is O=C(O)c1c2n(c3ccccc13)CCC2=O. The van der Waals surface area contributed by atoms with E-state index < -0.39 is 5.97 Å². The van der Waals surface area contributed by atoms with E-state index in [-0.39, 0.29) is 11.3 Å². The van der Waals surface area contributed by atoms with Crippen LogP contribution in [0.5, 0.6) is 0 Å². The molecule has 0 unspecified atom stereocenters. The first-order chi connectivity index (χ1) is 7.70. The number of nitrogens with zero attached hydrogens (tertiary/aromatic N) is 1. The third-order valence-corrected chi connectivity index (χ3v) is 3.01. The fourth-order valence-corrected chi connectivity index (χ4v) is 2.37. The van der Waals surface area contributed by atoms with Gasteiger partial charge in [0.05, 0.1) is 5.56 Å². The zero-order valence-corrected chi connectivity index (χ0v) is 8.43. The minimum atomic E-state index is -1.03. The predicted molar refractivity (Wildman–Crippen MR) is 57.8 cm³/mol. The maximum Gasteiger partial charge on any atom is 0.338 e. The molecule has 1 aromatic heterocycles. The first-order valence-electron chi connectivity index (χ1n) is 5.08. The smallest absolute Gasteiger partial charge is 0.338 e. The van der Waals surface area contributed by atoms with Gasteiger partial charge in [0.15, 0.2) is 5.78 Å². The number of carbonyl (C=O) groups excluding carboxylic acids is 1.